The topological polar surface area (TPSA) is 59.0 Å². The Hall–Kier alpha value is -1.59. The van der Waals surface area contributed by atoms with Crippen molar-refractivity contribution in [2.45, 2.75) is 45.4 Å². The zero-order valence-electron chi connectivity index (χ0n) is 15.6. The number of carbonyl (C=O) groups is 1. The Morgan fingerprint density at radius 2 is 1.82 bits per heavy atom. The molecular weight excluding hydrogens is 495 g/mol. The van der Waals surface area contributed by atoms with Gasteiger partial charge in [-0.05, 0) is 39.7 Å². The number of rotatable bonds is 3. The van der Waals surface area contributed by atoms with Crippen LogP contribution in [-0.2, 0) is 14.0 Å². The lowest BCUT2D eigenvalue weighted by atomic mass is 9.87. The molecule has 5 nitrogen and oxygen atoms in total. The van der Waals surface area contributed by atoms with Gasteiger partial charge in [-0.25, -0.2) is 12.3 Å². The maximum atomic E-state index is 14.5. The van der Waals surface area contributed by atoms with Gasteiger partial charge in [0.05, 0.1) is 11.3 Å². The third kappa shape index (κ3) is 5.71. The van der Waals surface area contributed by atoms with Gasteiger partial charge in [-0.2, -0.15) is 16.4 Å². The third-order valence-corrected chi connectivity index (χ3v) is 4.96. The van der Waals surface area contributed by atoms with Gasteiger partial charge in [-0.15, -0.1) is 0 Å². The molecule has 1 aliphatic rings. The minimum atomic E-state index is -4.84. The molecule has 1 fully saturated rings. The fourth-order valence-corrected chi connectivity index (χ4v) is 3.85. The summed E-state index contributed by atoms with van der Waals surface area (Å²) in [5, 5.41) is 0. The Balaban J connectivity index is 2.21. The summed E-state index contributed by atoms with van der Waals surface area (Å²) in [6.45, 7) is 5.82. The molecule has 0 N–H and O–H groups in total. The van der Waals surface area contributed by atoms with E-state index in [1.807, 2.05) is 0 Å². The number of alkyl halides is 3. The summed E-state index contributed by atoms with van der Waals surface area (Å²) in [5.41, 5.74) is -2.25. The fourth-order valence-electron chi connectivity index (χ4n) is 2.98. The highest BCUT2D eigenvalue weighted by atomic mass is 127. The molecule has 0 radical (unpaired) electrons. The number of hydrogen-bond donors (Lipinski definition) is 0. The minimum absolute atomic E-state index is 0.0650. The fraction of sp³-hybridized carbons (Fsp3) is 0.556. The van der Waals surface area contributed by atoms with Crippen molar-refractivity contribution in [1.29, 1.82) is 0 Å². The molecule has 1 aromatic carbocycles. The first-order valence-electron chi connectivity index (χ1n) is 8.62. The number of nitrogens with zero attached hydrogens (tertiary/aromatic N) is 2. The van der Waals surface area contributed by atoms with Gasteiger partial charge in [0, 0.05) is 24.6 Å². The van der Waals surface area contributed by atoms with E-state index in [0.717, 1.165) is 6.07 Å². The van der Waals surface area contributed by atoms with E-state index in [9.17, 15) is 25.4 Å². The van der Waals surface area contributed by atoms with Crippen LogP contribution in [0, 0.1) is 11.7 Å². The van der Waals surface area contributed by atoms with Gasteiger partial charge in [-0.3, -0.25) is 0 Å². The smallest absolute Gasteiger partial charge is 0.419 e. The van der Waals surface area contributed by atoms with E-state index in [0.29, 0.717) is 18.9 Å². The van der Waals surface area contributed by atoms with Crippen LogP contribution < -0.4 is 0 Å². The van der Waals surface area contributed by atoms with Crippen molar-refractivity contribution >= 4 is 33.3 Å². The van der Waals surface area contributed by atoms with Crippen LogP contribution in [0.3, 0.4) is 0 Å². The second kappa shape index (κ2) is 8.83. The summed E-state index contributed by atoms with van der Waals surface area (Å²) in [6, 6.07) is 2.98. The largest absolute Gasteiger partial charge is 0.444 e. The first-order valence-corrected chi connectivity index (χ1v) is 10.5. The summed E-state index contributed by atoms with van der Waals surface area (Å²) in [5.74, 6) is -1.81. The molecule has 0 aromatic heterocycles. The average molecular weight is 516 g/mol. The predicted molar refractivity (Wildman–Crippen MR) is 103 cm³/mol. The number of piperidine rings is 1. The summed E-state index contributed by atoms with van der Waals surface area (Å²) >= 11 is -1.90. The van der Waals surface area contributed by atoms with E-state index in [-0.39, 0.29) is 24.4 Å². The zero-order chi connectivity index (χ0) is 21.1. The second-order valence-corrected chi connectivity index (χ2v) is 8.32. The van der Waals surface area contributed by atoms with E-state index in [2.05, 4.69) is 3.21 Å². The lowest BCUT2D eigenvalue weighted by Crippen LogP contribution is -2.43. The molecule has 28 heavy (non-hydrogen) atoms. The molecule has 0 aliphatic carbocycles. The summed E-state index contributed by atoms with van der Waals surface area (Å²) in [4.78, 5) is 13.6. The van der Waals surface area contributed by atoms with E-state index >= 15 is 0 Å². The van der Waals surface area contributed by atoms with E-state index in [1.165, 1.54) is 11.0 Å². The normalized spacial score (nSPS) is 17.0. The number of carbonyl (C=O) groups excluding carboxylic acids is 1. The van der Waals surface area contributed by atoms with Gasteiger partial charge in [0.2, 0.25) is 0 Å². The van der Waals surface area contributed by atoms with Crippen molar-refractivity contribution in [1.82, 2.24) is 4.90 Å². The molecule has 0 atom stereocenters. The molecule has 1 heterocycles. The quantitative estimate of drug-likeness (QED) is 0.303. The van der Waals surface area contributed by atoms with Crippen LogP contribution in [0.1, 0.15) is 44.7 Å². The van der Waals surface area contributed by atoms with Crippen LogP contribution >= 0.6 is 21.5 Å². The Kier molecular flexibility index (Phi) is 7.16. The highest BCUT2D eigenvalue weighted by Crippen LogP contribution is 2.34. The standard InChI is InChI=1S/C18H21F4IN2O3/c1-17(2,3)28-16(26)25-9-7-11(8-10-25)15(24-23-27)12-5-4-6-13(14(12)19)18(20,21)22/h4-6,11H,7-10H2,1-3H3. The highest BCUT2D eigenvalue weighted by molar-refractivity contribution is 14.1. The van der Waals surface area contributed by atoms with E-state index in [4.69, 9.17) is 4.74 Å². The average Bonchev–Trinajstić information content (AvgIpc) is 2.58. The maximum absolute atomic E-state index is 14.5. The first kappa shape index (κ1) is 22.7. The molecule has 1 saturated heterocycles. The molecule has 0 bridgehead atoms. The van der Waals surface area contributed by atoms with Gasteiger partial charge in [-0.1, -0.05) is 12.1 Å². The number of benzene rings is 1. The van der Waals surface area contributed by atoms with Crippen LogP contribution in [0.25, 0.3) is 0 Å². The number of halogens is 5. The lowest BCUT2D eigenvalue weighted by molar-refractivity contribution is -0.140. The first-order chi connectivity index (χ1) is 12.9. The summed E-state index contributed by atoms with van der Waals surface area (Å²) in [7, 11) is 0. The minimum Gasteiger partial charge on any atom is -0.444 e. The molecule has 0 unspecified atom stereocenters. The number of ether oxygens (including phenoxy) is 1. The molecular formula is C18H21F4IN2O3. The SMILES string of the molecule is CC(C)(C)OC(=O)N1CCC(C(=NI=O)c2cccc(C(F)(F)F)c2F)CC1. The van der Waals surface area contributed by atoms with Gasteiger partial charge in [0.1, 0.15) is 11.4 Å². The second-order valence-electron chi connectivity index (χ2n) is 7.45. The van der Waals surface area contributed by atoms with Crippen LogP contribution in [-0.4, -0.2) is 35.4 Å². The van der Waals surface area contributed by atoms with Crippen molar-refractivity contribution in [3.8, 4) is 0 Å². The number of likely N-dealkylation sites (tertiary alicyclic amines) is 1. The third-order valence-electron chi connectivity index (χ3n) is 4.24. The van der Waals surface area contributed by atoms with Crippen molar-refractivity contribution in [2.24, 2.45) is 9.12 Å². The van der Waals surface area contributed by atoms with E-state index in [1.54, 1.807) is 20.8 Å². The van der Waals surface area contributed by atoms with Gasteiger partial charge in [0.25, 0.3) is 21.5 Å². The van der Waals surface area contributed by atoms with Crippen LogP contribution in [0.4, 0.5) is 22.4 Å². The lowest BCUT2D eigenvalue weighted by Gasteiger charge is -2.33. The molecule has 2 rings (SSSR count). The Morgan fingerprint density at radius 1 is 1.21 bits per heavy atom. The van der Waals surface area contributed by atoms with Crippen LogP contribution in [0.2, 0.25) is 0 Å². The summed E-state index contributed by atoms with van der Waals surface area (Å²) < 4.78 is 73.9. The molecule has 1 aromatic rings. The monoisotopic (exact) mass is 516 g/mol. The van der Waals surface area contributed by atoms with Crippen LogP contribution in [0.15, 0.2) is 21.4 Å². The van der Waals surface area contributed by atoms with Crippen molar-refractivity contribution in [2.75, 3.05) is 13.1 Å². The van der Waals surface area contributed by atoms with Crippen molar-refractivity contribution in [3.05, 3.63) is 35.1 Å². The Bertz CT molecular complexity index is 767. The van der Waals surface area contributed by atoms with E-state index < -0.39 is 56.6 Å². The number of hydrogen-bond acceptors (Lipinski definition) is 3. The maximum Gasteiger partial charge on any atom is 0.419 e. The van der Waals surface area contributed by atoms with Crippen molar-refractivity contribution < 1.29 is 30.2 Å². The molecule has 156 valence electrons. The van der Waals surface area contributed by atoms with Crippen LogP contribution in [0.5, 0.6) is 0 Å². The predicted octanol–water partition coefficient (Wildman–Crippen LogP) is 5.51. The summed E-state index contributed by atoms with van der Waals surface area (Å²) in [6.07, 6.45) is -4.60. The molecule has 0 spiro atoms. The zero-order valence-corrected chi connectivity index (χ0v) is 17.8. The number of amides is 1. The van der Waals surface area contributed by atoms with Gasteiger partial charge in [0.15, 0.2) is 0 Å². The Morgan fingerprint density at radius 3 is 2.32 bits per heavy atom. The van der Waals surface area contributed by atoms with Crippen molar-refractivity contribution in [3.63, 3.8) is 0 Å². The highest BCUT2D eigenvalue weighted by Gasteiger charge is 2.37. The molecule has 0 saturated carbocycles. The molecule has 10 heteroatoms. The Labute approximate surface area is 171 Å². The molecule has 1 amide bonds. The van der Waals surface area contributed by atoms with Gasteiger partial charge < -0.3 is 9.64 Å². The van der Waals surface area contributed by atoms with Gasteiger partial charge >= 0.3 is 12.3 Å². The molecule has 1 aliphatic heterocycles.